The normalized spacial score (nSPS) is 11.2. The Kier molecular flexibility index (Phi) is 8.15. The average molecular weight is 993 g/mol. The molecule has 0 bridgehead atoms. The van der Waals surface area contributed by atoms with Crippen LogP contribution in [0.5, 0.6) is 0 Å². The van der Waals surface area contributed by atoms with Crippen molar-refractivity contribution in [2.75, 3.05) is 0 Å². The van der Waals surface area contributed by atoms with Crippen LogP contribution in [-0.4, -0.2) is 38.2 Å². The molecule has 0 radical (unpaired) electrons. The molecule has 48 heavy (non-hydrogen) atoms. The number of rotatable bonds is 4. The van der Waals surface area contributed by atoms with E-state index >= 15 is 0 Å². The minimum atomic E-state index is 0. The summed E-state index contributed by atoms with van der Waals surface area (Å²) in [5.41, 5.74) is 8.56. The second kappa shape index (κ2) is 12.4. The summed E-state index contributed by atoms with van der Waals surface area (Å²) >= 11 is 0. The number of aryl methyl sites for hydroxylation is 2. The first-order valence-electron chi connectivity index (χ1n) is 14.4. The molecule has 240 valence electrons. The van der Waals surface area contributed by atoms with E-state index in [4.69, 9.17) is 18.8 Å². The maximum absolute atomic E-state index is 5.77. The van der Waals surface area contributed by atoms with Crippen LogP contribution >= 0.6 is 0 Å². The van der Waals surface area contributed by atoms with Crippen LogP contribution in [0.3, 0.4) is 0 Å². The number of imidazole rings is 4. The third-order valence-electron chi connectivity index (χ3n) is 8.06. The van der Waals surface area contributed by atoms with Crippen molar-refractivity contribution in [1.29, 1.82) is 0 Å². The first kappa shape index (κ1) is 31.4. The van der Waals surface area contributed by atoms with Crippen molar-refractivity contribution in [1.82, 2.24) is 48.2 Å². The molecule has 2 aromatic carbocycles. The molecular formula is C34H22N10O2Pt2. The summed E-state index contributed by atoms with van der Waals surface area (Å²) in [6.07, 6.45) is 23.5. The minimum absolute atomic E-state index is 0. The molecule has 0 aliphatic rings. The Morgan fingerprint density at radius 1 is 0.583 bits per heavy atom. The van der Waals surface area contributed by atoms with Crippen LogP contribution in [0.1, 0.15) is 0 Å². The van der Waals surface area contributed by atoms with Crippen LogP contribution in [-0.2, 0) is 56.2 Å². The van der Waals surface area contributed by atoms with E-state index in [1.807, 2.05) is 84.4 Å². The summed E-state index contributed by atoms with van der Waals surface area (Å²) in [5.74, 6) is 1.76. The summed E-state index contributed by atoms with van der Waals surface area (Å²) < 4.78 is 19.1. The summed E-state index contributed by atoms with van der Waals surface area (Å²) in [7, 11) is 3.94. The van der Waals surface area contributed by atoms with Gasteiger partial charge in [0.25, 0.3) is 0 Å². The van der Waals surface area contributed by atoms with Gasteiger partial charge in [-0.15, -0.1) is 22.1 Å². The summed E-state index contributed by atoms with van der Waals surface area (Å²) in [4.78, 5) is 26.4. The first-order valence-corrected chi connectivity index (χ1v) is 14.4. The molecule has 8 heterocycles. The van der Waals surface area contributed by atoms with Crippen molar-refractivity contribution < 1.29 is 51.0 Å². The molecule has 0 unspecified atom stereocenters. The zero-order valence-corrected chi connectivity index (χ0v) is 29.7. The van der Waals surface area contributed by atoms with E-state index in [2.05, 4.69) is 32.6 Å². The number of hydrogen-bond donors (Lipinski definition) is 0. The van der Waals surface area contributed by atoms with E-state index in [1.54, 1.807) is 46.4 Å². The molecule has 0 spiro atoms. The Labute approximate surface area is 301 Å². The van der Waals surface area contributed by atoms with Crippen molar-refractivity contribution in [2.45, 2.75) is 0 Å². The Hall–Kier alpha value is -5.18. The number of hydrogen-bond acceptors (Lipinski definition) is 6. The largest absolute Gasteiger partial charge is 2.00 e. The van der Waals surface area contributed by atoms with Gasteiger partial charge in [-0.1, -0.05) is 61.2 Å². The van der Waals surface area contributed by atoms with Crippen LogP contribution in [0.15, 0.2) is 107 Å². The molecule has 10 rings (SSSR count). The van der Waals surface area contributed by atoms with Gasteiger partial charge in [-0.05, 0) is 11.4 Å². The van der Waals surface area contributed by atoms with E-state index in [0.717, 1.165) is 78.2 Å². The molecule has 0 saturated carbocycles. The van der Waals surface area contributed by atoms with Gasteiger partial charge >= 0.3 is 42.1 Å². The van der Waals surface area contributed by atoms with Crippen LogP contribution < -0.4 is 9.97 Å². The van der Waals surface area contributed by atoms with E-state index in [1.165, 1.54) is 0 Å². The van der Waals surface area contributed by atoms with Gasteiger partial charge in [-0.2, -0.15) is 0 Å². The zero-order chi connectivity index (χ0) is 30.8. The molecular weight excluding hydrogens is 971 g/mol. The van der Waals surface area contributed by atoms with Gasteiger partial charge in [0.2, 0.25) is 0 Å². The number of furan rings is 2. The smallest absolute Gasteiger partial charge is 0.660 e. The van der Waals surface area contributed by atoms with Crippen LogP contribution in [0.4, 0.5) is 0 Å². The summed E-state index contributed by atoms with van der Waals surface area (Å²) in [5, 5.41) is 1.96. The predicted molar refractivity (Wildman–Crippen MR) is 170 cm³/mol. The molecule has 0 fully saturated rings. The maximum Gasteiger partial charge on any atom is 2.00 e. The Balaban J connectivity index is 0.000000146. The second-order valence-corrected chi connectivity index (χ2v) is 10.7. The summed E-state index contributed by atoms with van der Waals surface area (Å²) in [6.45, 7) is 0. The van der Waals surface area contributed by atoms with Crippen molar-refractivity contribution in [3.05, 3.63) is 111 Å². The Morgan fingerprint density at radius 3 is 1.42 bits per heavy atom. The molecule has 0 N–H and O–H groups in total. The number of fused-ring (bicyclic) bond motifs is 6. The number of nitrogens with zero attached hydrogens (tertiary/aromatic N) is 10. The third-order valence-corrected chi connectivity index (χ3v) is 8.06. The van der Waals surface area contributed by atoms with Gasteiger partial charge in [0, 0.05) is 73.4 Å². The first-order chi connectivity index (χ1) is 22.7. The van der Waals surface area contributed by atoms with E-state index in [0.29, 0.717) is 0 Å². The maximum atomic E-state index is 5.77. The second-order valence-electron chi connectivity index (χ2n) is 10.7. The van der Waals surface area contributed by atoms with E-state index < -0.39 is 0 Å². The van der Waals surface area contributed by atoms with Gasteiger partial charge in [-0.3, -0.25) is 0 Å². The predicted octanol–water partition coefficient (Wildman–Crippen LogP) is 5.85. The van der Waals surface area contributed by atoms with Gasteiger partial charge in [0.1, 0.15) is 22.8 Å². The van der Waals surface area contributed by atoms with Crippen molar-refractivity contribution in [3.8, 4) is 34.2 Å². The van der Waals surface area contributed by atoms with Crippen molar-refractivity contribution in [3.63, 3.8) is 0 Å². The third kappa shape index (κ3) is 4.91. The fourth-order valence-corrected chi connectivity index (χ4v) is 5.88. The summed E-state index contributed by atoms with van der Waals surface area (Å²) in [6, 6.07) is 12.1. The molecule has 0 aliphatic heterocycles. The van der Waals surface area contributed by atoms with Gasteiger partial charge in [-0.25, -0.2) is 9.97 Å². The average Bonchev–Trinajstić information content (AvgIpc) is 3.89. The fourth-order valence-electron chi connectivity index (χ4n) is 5.88. The van der Waals surface area contributed by atoms with Crippen molar-refractivity contribution in [2.24, 2.45) is 14.1 Å². The minimum Gasteiger partial charge on any atom is -0.660 e. The topological polar surface area (TPSA) is 126 Å². The number of para-hydroxylation sites is 2. The molecule has 0 aliphatic carbocycles. The van der Waals surface area contributed by atoms with Crippen LogP contribution in [0.2, 0.25) is 0 Å². The van der Waals surface area contributed by atoms with Gasteiger partial charge < -0.3 is 47.0 Å². The van der Waals surface area contributed by atoms with Crippen LogP contribution in [0, 0.1) is 12.7 Å². The molecule has 0 amide bonds. The van der Waals surface area contributed by atoms with Crippen molar-refractivity contribution >= 4 is 44.0 Å². The molecule has 8 aromatic heterocycles. The quantitative estimate of drug-likeness (QED) is 0.201. The Bertz CT molecular complexity index is 2450. The Morgan fingerprint density at radius 2 is 1.04 bits per heavy atom. The monoisotopic (exact) mass is 992 g/mol. The van der Waals surface area contributed by atoms with Gasteiger partial charge in [0.05, 0.1) is 12.5 Å². The fraction of sp³-hybridized carbons (Fsp3) is 0.0588. The molecule has 0 atom stereocenters. The van der Waals surface area contributed by atoms with Crippen LogP contribution in [0.25, 0.3) is 78.2 Å². The molecule has 14 heteroatoms. The standard InChI is InChI=1S/2C17H11N5O.2Pt/c2*1-21-7-6-19-17(21)12-4-2-3-11-14(12)20-15-13(9-23-16(11)15)22-8-5-18-10-22;;/h2*2-9H,1H3;;/q2*-2;2*+2. The SMILES string of the molecule is Cn1ccnc1-c1cccc2c1[n-]c1c(-n3[c-]ncc3)coc12.Cn1ccnc1-c1cccc2c1[n-]c1c(-n3[c-]ncc3)coc12.[Pt+2].[Pt+2]. The van der Waals surface area contributed by atoms with E-state index in [9.17, 15) is 0 Å². The number of benzene rings is 2. The van der Waals surface area contributed by atoms with E-state index in [-0.39, 0.29) is 42.1 Å². The number of aromatic nitrogens is 10. The zero-order valence-electron chi connectivity index (χ0n) is 25.2. The van der Waals surface area contributed by atoms with Gasteiger partial charge in [0.15, 0.2) is 0 Å². The molecule has 0 saturated heterocycles. The molecule has 10 aromatic rings. The molecule has 12 nitrogen and oxygen atoms in total.